The van der Waals surface area contributed by atoms with Crippen molar-refractivity contribution in [3.63, 3.8) is 0 Å². The van der Waals surface area contributed by atoms with Crippen molar-refractivity contribution >= 4 is 17.7 Å². The van der Waals surface area contributed by atoms with Gasteiger partial charge in [-0.25, -0.2) is 4.79 Å². The molecule has 2 aromatic rings. The summed E-state index contributed by atoms with van der Waals surface area (Å²) in [5, 5.41) is 22.0. The normalized spacial score (nSPS) is 12.1. The van der Waals surface area contributed by atoms with E-state index in [9.17, 15) is 24.6 Å². The summed E-state index contributed by atoms with van der Waals surface area (Å²) in [6.07, 6.45) is 0.343. The van der Waals surface area contributed by atoms with Crippen LogP contribution in [0.15, 0.2) is 48.5 Å². The van der Waals surface area contributed by atoms with Crippen molar-refractivity contribution in [1.29, 1.82) is 0 Å². The van der Waals surface area contributed by atoms with Gasteiger partial charge in [0.25, 0.3) is 0 Å². The third-order valence-corrected chi connectivity index (χ3v) is 5.48. The molecular weight excluding hydrogens is 426 g/mol. The predicted octanol–water partition coefficient (Wildman–Crippen LogP) is 2.84. The number of phenolic OH excluding ortho intramolecular Hbond substituents is 2. The maximum atomic E-state index is 13.1. The molecule has 0 fully saturated rings. The number of benzene rings is 2. The zero-order valence-corrected chi connectivity index (χ0v) is 19.2. The molecule has 0 amide bonds. The molecule has 178 valence electrons. The van der Waals surface area contributed by atoms with Crippen molar-refractivity contribution in [1.82, 2.24) is 5.32 Å². The summed E-state index contributed by atoms with van der Waals surface area (Å²) in [5.74, 6) is -1.50. The number of hydrogen-bond acceptors (Lipinski definition) is 8. The average Bonchev–Trinajstić information content (AvgIpc) is 2.79. The molecule has 1 unspecified atom stereocenters. The summed E-state index contributed by atoms with van der Waals surface area (Å²) in [6.45, 7) is 5.25. The Labute approximate surface area is 193 Å². The fourth-order valence-corrected chi connectivity index (χ4v) is 3.58. The Morgan fingerprint density at radius 1 is 0.879 bits per heavy atom. The Morgan fingerprint density at radius 2 is 1.36 bits per heavy atom. The first-order chi connectivity index (χ1) is 15.7. The van der Waals surface area contributed by atoms with Crippen LogP contribution in [-0.2, 0) is 29.3 Å². The van der Waals surface area contributed by atoms with Gasteiger partial charge in [-0.15, -0.1) is 0 Å². The van der Waals surface area contributed by atoms with Gasteiger partial charge in [0.05, 0.1) is 19.8 Å². The molecule has 1 atom stereocenters. The van der Waals surface area contributed by atoms with Crippen LogP contribution in [-0.4, -0.2) is 53.7 Å². The molecule has 2 rings (SSSR count). The van der Waals surface area contributed by atoms with Crippen molar-refractivity contribution in [3.8, 4) is 11.5 Å². The van der Waals surface area contributed by atoms with E-state index < -0.39 is 29.2 Å². The number of ether oxygens (including phenoxy) is 2. The lowest BCUT2D eigenvalue weighted by atomic mass is 9.72. The van der Waals surface area contributed by atoms with Gasteiger partial charge < -0.3 is 19.7 Å². The van der Waals surface area contributed by atoms with Crippen molar-refractivity contribution in [2.75, 3.05) is 19.8 Å². The molecule has 0 saturated heterocycles. The molecular formula is C25H31NO7. The maximum absolute atomic E-state index is 13.1. The number of carbonyl (C=O) groups excluding carboxylic acids is 3. The van der Waals surface area contributed by atoms with Crippen LogP contribution in [0, 0.1) is 0 Å². The van der Waals surface area contributed by atoms with Gasteiger partial charge in [0.2, 0.25) is 0 Å². The number of ketones is 1. The first-order valence-corrected chi connectivity index (χ1v) is 10.9. The number of carbonyl (C=O) groups is 3. The zero-order chi connectivity index (χ0) is 24.4. The molecule has 8 nitrogen and oxygen atoms in total. The van der Waals surface area contributed by atoms with Crippen LogP contribution in [0.1, 0.15) is 44.7 Å². The number of rotatable bonds is 12. The summed E-state index contributed by atoms with van der Waals surface area (Å²) >= 11 is 0. The van der Waals surface area contributed by atoms with Gasteiger partial charge in [0.1, 0.15) is 11.5 Å². The first kappa shape index (κ1) is 25.9. The van der Waals surface area contributed by atoms with Crippen LogP contribution in [0.3, 0.4) is 0 Å². The van der Waals surface area contributed by atoms with E-state index in [0.29, 0.717) is 6.42 Å². The van der Waals surface area contributed by atoms with Gasteiger partial charge in [-0.05, 0) is 55.7 Å². The highest BCUT2D eigenvalue weighted by Gasteiger charge is 2.33. The Bertz CT molecular complexity index is 893. The Morgan fingerprint density at radius 3 is 1.82 bits per heavy atom. The highest BCUT2D eigenvalue weighted by Crippen LogP contribution is 2.38. The second kappa shape index (κ2) is 12.0. The van der Waals surface area contributed by atoms with E-state index in [1.54, 1.807) is 62.4 Å². The number of Topliss-reactive ketones (excluding diaryl/α,β-unsaturated/α-hetero) is 1. The zero-order valence-electron chi connectivity index (χ0n) is 19.2. The second-order valence-corrected chi connectivity index (χ2v) is 7.76. The van der Waals surface area contributed by atoms with Gasteiger partial charge in [0, 0.05) is 11.8 Å². The molecule has 0 heterocycles. The molecule has 0 saturated carbocycles. The molecule has 0 aromatic heterocycles. The summed E-state index contributed by atoms with van der Waals surface area (Å²) in [6, 6.07) is 12.1. The van der Waals surface area contributed by atoms with Crippen molar-refractivity contribution in [2.45, 2.75) is 45.1 Å². The van der Waals surface area contributed by atoms with E-state index in [0.717, 1.165) is 11.1 Å². The first-order valence-electron chi connectivity index (χ1n) is 10.9. The third kappa shape index (κ3) is 7.05. The van der Waals surface area contributed by atoms with Crippen molar-refractivity contribution in [2.24, 2.45) is 0 Å². The number of hydrogen-bond donors (Lipinski definition) is 3. The summed E-state index contributed by atoms with van der Waals surface area (Å²) in [7, 11) is 0. The van der Waals surface area contributed by atoms with Gasteiger partial charge in [-0.1, -0.05) is 31.2 Å². The van der Waals surface area contributed by atoms with Crippen LogP contribution >= 0.6 is 0 Å². The highest BCUT2D eigenvalue weighted by atomic mass is 16.5. The minimum absolute atomic E-state index is 0.0115. The Balaban J connectivity index is 2.26. The summed E-state index contributed by atoms with van der Waals surface area (Å²) in [5.41, 5.74) is 1.05. The van der Waals surface area contributed by atoms with Crippen LogP contribution < -0.4 is 5.32 Å². The molecule has 2 aromatic carbocycles. The monoisotopic (exact) mass is 457 g/mol. The Hall–Kier alpha value is -3.39. The molecule has 0 spiro atoms. The number of phenols is 2. The van der Waals surface area contributed by atoms with E-state index in [2.05, 4.69) is 5.32 Å². The summed E-state index contributed by atoms with van der Waals surface area (Å²) in [4.78, 5) is 37.1. The topological polar surface area (TPSA) is 122 Å². The quantitative estimate of drug-likeness (QED) is 0.329. The molecule has 33 heavy (non-hydrogen) atoms. The van der Waals surface area contributed by atoms with Gasteiger partial charge in [-0.2, -0.15) is 0 Å². The van der Waals surface area contributed by atoms with Gasteiger partial charge in [0.15, 0.2) is 11.8 Å². The summed E-state index contributed by atoms with van der Waals surface area (Å²) < 4.78 is 9.87. The lowest BCUT2D eigenvalue weighted by molar-refractivity contribution is -0.149. The standard InChI is InChI=1S/C25H31NO7/c1-4-32-22(30)16-26-23(24(31)33-5-2)21(29)14-15-25(3,17-6-10-19(27)11-7-17)18-8-12-20(28)13-9-18/h6-13,23,26-28H,4-5,14-16H2,1-3H3. The number of esters is 2. The van der Waals surface area contributed by atoms with E-state index in [1.807, 2.05) is 6.92 Å². The largest absolute Gasteiger partial charge is 0.508 e. The molecule has 0 aliphatic rings. The molecule has 0 aliphatic carbocycles. The third-order valence-electron chi connectivity index (χ3n) is 5.48. The second-order valence-electron chi connectivity index (χ2n) is 7.76. The molecule has 0 radical (unpaired) electrons. The van der Waals surface area contributed by atoms with E-state index in [-0.39, 0.29) is 37.7 Å². The fraction of sp³-hybridized carbons (Fsp3) is 0.400. The van der Waals surface area contributed by atoms with Crippen molar-refractivity contribution < 1.29 is 34.1 Å². The Kier molecular flexibility index (Phi) is 9.42. The molecule has 0 aliphatic heterocycles. The minimum atomic E-state index is -1.29. The molecule has 3 N–H and O–H groups in total. The average molecular weight is 458 g/mol. The highest BCUT2D eigenvalue weighted by molar-refractivity contribution is 6.03. The number of nitrogens with one attached hydrogen (secondary N) is 1. The van der Waals surface area contributed by atoms with Gasteiger partial charge >= 0.3 is 11.9 Å². The van der Waals surface area contributed by atoms with E-state index in [1.165, 1.54) is 0 Å². The van der Waals surface area contributed by atoms with E-state index in [4.69, 9.17) is 9.47 Å². The van der Waals surface area contributed by atoms with Gasteiger partial charge in [-0.3, -0.25) is 14.9 Å². The maximum Gasteiger partial charge on any atom is 0.330 e. The lowest BCUT2D eigenvalue weighted by Crippen LogP contribution is -2.47. The predicted molar refractivity (Wildman–Crippen MR) is 122 cm³/mol. The smallest absolute Gasteiger partial charge is 0.330 e. The van der Waals surface area contributed by atoms with Crippen LogP contribution in [0.4, 0.5) is 0 Å². The van der Waals surface area contributed by atoms with Crippen molar-refractivity contribution in [3.05, 3.63) is 59.7 Å². The van der Waals surface area contributed by atoms with Crippen LogP contribution in [0.25, 0.3) is 0 Å². The van der Waals surface area contributed by atoms with Crippen LogP contribution in [0.2, 0.25) is 0 Å². The molecule has 0 bridgehead atoms. The van der Waals surface area contributed by atoms with Crippen LogP contribution in [0.5, 0.6) is 11.5 Å². The number of aromatic hydroxyl groups is 2. The fourth-order valence-electron chi connectivity index (χ4n) is 3.58. The lowest BCUT2D eigenvalue weighted by Gasteiger charge is -2.31. The van der Waals surface area contributed by atoms with E-state index >= 15 is 0 Å². The minimum Gasteiger partial charge on any atom is -0.508 e. The SMILES string of the molecule is CCOC(=O)CNC(C(=O)CCC(C)(c1ccc(O)cc1)c1ccc(O)cc1)C(=O)OCC. The molecule has 8 heteroatoms.